The highest BCUT2D eigenvalue weighted by atomic mass is 32.2. The van der Waals surface area contributed by atoms with Crippen molar-refractivity contribution in [3.63, 3.8) is 0 Å². The van der Waals surface area contributed by atoms with Crippen LogP contribution in [-0.4, -0.2) is 43.1 Å². The molecule has 4 unspecified atom stereocenters. The summed E-state index contributed by atoms with van der Waals surface area (Å²) in [6.45, 7) is -0.756. The Bertz CT molecular complexity index is 936. The van der Waals surface area contributed by atoms with E-state index in [0.29, 0.717) is 24.7 Å². The van der Waals surface area contributed by atoms with Gasteiger partial charge in [-0.25, -0.2) is 23.1 Å². The molecular weight excluding hydrogens is 414 g/mol. The van der Waals surface area contributed by atoms with Crippen LogP contribution in [0.5, 0.6) is 0 Å². The number of sulfonamides is 1. The number of hydrogen-bond donors (Lipinski definition) is 1. The van der Waals surface area contributed by atoms with E-state index in [2.05, 4.69) is 5.48 Å². The van der Waals surface area contributed by atoms with Crippen LogP contribution in [0, 0.1) is 23.2 Å². The fourth-order valence-corrected chi connectivity index (χ4v) is 7.43. The van der Waals surface area contributed by atoms with Gasteiger partial charge in [-0.2, -0.15) is 8.70 Å². The molecule has 3 saturated carbocycles. The first-order valence-corrected chi connectivity index (χ1v) is 12.1. The molecule has 1 amide bonds. The number of benzene rings is 1. The smallest absolute Gasteiger partial charge is 0.267 e. The summed E-state index contributed by atoms with van der Waals surface area (Å²) in [5.41, 5.74) is 1.09. The van der Waals surface area contributed by atoms with Crippen LogP contribution in [0.15, 0.2) is 30.3 Å². The van der Waals surface area contributed by atoms with Crippen molar-refractivity contribution in [3.05, 3.63) is 35.9 Å². The molecule has 1 aliphatic heterocycles. The van der Waals surface area contributed by atoms with Crippen molar-refractivity contribution in [2.75, 3.05) is 13.1 Å². The maximum absolute atomic E-state index is 16.9. The molecule has 4 aliphatic rings. The first-order chi connectivity index (χ1) is 14.3. The molecule has 30 heavy (non-hydrogen) atoms. The van der Waals surface area contributed by atoms with E-state index in [4.69, 9.17) is 4.84 Å². The predicted molar refractivity (Wildman–Crippen MR) is 105 cm³/mol. The van der Waals surface area contributed by atoms with E-state index in [-0.39, 0.29) is 24.6 Å². The van der Waals surface area contributed by atoms with E-state index in [0.717, 1.165) is 30.0 Å². The largest absolute Gasteiger partial charge is 0.351 e. The highest BCUT2D eigenvalue weighted by Gasteiger charge is 2.72. The first-order valence-electron chi connectivity index (χ1n) is 10.6. The van der Waals surface area contributed by atoms with Gasteiger partial charge < -0.3 is 0 Å². The summed E-state index contributed by atoms with van der Waals surface area (Å²) < 4.78 is 57.9. The van der Waals surface area contributed by atoms with Crippen LogP contribution >= 0.6 is 0 Å². The second-order valence-electron chi connectivity index (χ2n) is 9.28. The lowest BCUT2D eigenvalue weighted by molar-refractivity contribution is -0.211. The van der Waals surface area contributed by atoms with E-state index in [9.17, 15) is 17.6 Å². The topological polar surface area (TPSA) is 75.7 Å². The van der Waals surface area contributed by atoms with Gasteiger partial charge in [-0.3, -0.25) is 4.79 Å². The van der Waals surface area contributed by atoms with E-state index in [1.165, 1.54) is 12.1 Å². The lowest BCUT2D eigenvalue weighted by Crippen LogP contribution is -2.65. The standard InChI is InChI=1S/C21H26F2N2O4S/c22-18-12-25(13-18)30(27,28)21(23,29-24-19(26)14-4-2-1-3-5-14)20(17-6-7-17)9-8-15-10-16(15)11-20/h1-5,15-18H,6-13H2,(H,24,26). The van der Waals surface area contributed by atoms with Crippen molar-refractivity contribution < 1.29 is 26.8 Å². The Morgan fingerprint density at radius 3 is 2.47 bits per heavy atom. The van der Waals surface area contributed by atoms with Gasteiger partial charge in [0.2, 0.25) is 0 Å². The number of amides is 1. The third kappa shape index (κ3) is 3.08. The van der Waals surface area contributed by atoms with Crippen LogP contribution in [-0.2, 0) is 14.9 Å². The van der Waals surface area contributed by atoms with Crippen LogP contribution in [0.3, 0.4) is 0 Å². The summed E-state index contributed by atoms with van der Waals surface area (Å²) in [5.74, 6) is -0.00820. The molecule has 3 aliphatic carbocycles. The Labute approximate surface area is 175 Å². The van der Waals surface area contributed by atoms with Gasteiger partial charge in [-0.05, 0) is 68.4 Å². The minimum Gasteiger partial charge on any atom is -0.267 e. The average Bonchev–Trinajstić information content (AvgIpc) is 3.62. The minimum absolute atomic E-state index is 0.116. The Morgan fingerprint density at radius 2 is 1.87 bits per heavy atom. The lowest BCUT2D eigenvalue weighted by Gasteiger charge is -2.49. The molecule has 4 atom stereocenters. The summed E-state index contributed by atoms with van der Waals surface area (Å²) in [7, 11) is -4.65. The molecular formula is C21H26F2N2O4S. The number of nitrogens with one attached hydrogen (secondary N) is 1. The fraction of sp³-hybridized carbons (Fsp3) is 0.667. The fourth-order valence-electron chi connectivity index (χ4n) is 5.37. The molecule has 6 nitrogen and oxygen atoms in total. The van der Waals surface area contributed by atoms with Gasteiger partial charge >= 0.3 is 5.19 Å². The van der Waals surface area contributed by atoms with Crippen molar-refractivity contribution in [1.29, 1.82) is 0 Å². The second-order valence-corrected chi connectivity index (χ2v) is 11.3. The summed E-state index contributed by atoms with van der Waals surface area (Å²) in [6.07, 6.45) is 2.72. The van der Waals surface area contributed by atoms with Gasteiger partial charge in [0.15, 0.2) is 0 Å². The van der Waals surface area contributed by atoms with Gasteiger partial charge in [0.05, 0.1) is 5.41 Å². The molecule has 0 aromatic heterocycles. The zero-order chi connectivity index (χ0) is 21.1. The molecule has 5 rings (SSSR count). The number of nitrogens with zero attached hydrogens (tertiary/aromatic N) is 1. The van der Waals surface area contributed by atoms with Crippen molar-refractivity contribution >= 4 is 15.9 Å². The van der Waals surface area contributed by atoms with E-state index in [1.54, 1.807) is 18.2 Å². The number of hydroxylamine groups is 1. The summed E-state index contributed by atoms with van der Waals surface area (Å²) in [4.78, 5) is 17.8. The molecule has 1 N–H and O–H groups in total. The van der Waals surface area contributed by atoms with Gasteiger partial charge in [0.25, 0.3) is 15.9 Å². The van der Waals surface area contributed by atoms with Crippen molar-refractivity contribution in [3.8, 4) is 0 Å². The molecule has 0 bridgehead atoms. The number of alkyl halides is 2. The van der Waals surface area contributed by atoms with Gasteiger partial charge in [0.1, 0.15) is 6.17 Å². The molecule has 0 radical (unpaired) electrons. The number of carbonyl (C=O) groups is 1. The maximum Gasteiger partial charge on any atom is 0.351 e. The molecule has 4 fully saturated rings. The zero-order valence-electron chi connectivity index (χ0n) is 16.6. The quantitative estimate of drug-likeness (QED) is 0.661. The van der Waals surface area contributed by atoms with Gasteiger partial charge in [-0.1, -0.05) is 18.2 Å². The molecule has 1 heterocycles. The molecule has 1 aromatic rings. The second kappa shape index (κ2) is 6.97. The van der Waals surface area contributed by atoms with Crippen LogP contribution < -0.4 is 5.48 Å². The Kier molecular flexibility index (Phi) is 4.72. The number of carbonyl (C=O) groups excluding carboxylic acids is 1. The molecule has 1 saturated heterocycles. The third-order valence-corrected chi connectivity index (χ3v) is 9.53. The molecule has 1 aromatic carbocycles. The monoisotopic (exact) mass is 440 g/mol. The van der Waals surface area contributed by atoms with Crippen molar-refractivity contribution in [2.24, 2.45) is 23.2 Å². The van der Waals surface area contributed by atoms with Crippen molar-refractivity contribution in [2.45, 2.75) is 49.9 Å². The van der Waals surface area contributed by atoms with Crippen molar-refractivity contribution in [1.82, 2.24) is 9.79 Å². The van der Waals surface area contributed by atoms with E-state index >= 15 is 4.39 Å². The minimum atomic E-state index is -4.65. The molecule has 0 spiro atoms. The summed E-state index contributed by atoms with van der Waals surface area (Å²) >= 11 is 0. The predicted octanol–water partition coefficient (Wildman–Crippen LogP) is 3.17. The third-order valence-electron chi connectivity index (χ3n) is 7.40. The number of hydrogen-bond acceptors (Lipinski definition) is 4. The highest BCUT2D eigenvalue weighted by molar-refractivity contribution is 7.90. The van der Waals surface area contributed by atoms with Crippen LogP contribution in [0.25, 0.3) is 0 Å². The normalized spacial score (nSPS) is 33.8. The molecule has 164 valence electrons. The first kappa shape index (κ1) is 20.3. The summed E-state index contributed by atoms with van der Waals surface area (Å²) in [6, 6.07) is 8.09. The summed E-state index contributed by atoms with van der Waals surface area (Å²) in [5, 5.41) is -3.13. The Hall–Kier alpha value is -1.58. The number of rotatable bonds is 7. The number of halogens is 2. The average molecular weight is 441 g/mol. The van der Waals surface area contributed by atoms with Gasteiger partial charge in [-0.15, -0.1) is 0 Å². The SMILES string of the molecule is O=C(NOC(F)(C1(C2CC2)CCC2CC2C1)S(=O)(=O)N1CC(F)C1)c1ccccc1. The van der Waals surface area contributed by atoms with Crippen LogP contribution in [0.4, 0.5) is 8.78 Å². The van der Waals surface area contributed by atoms with E-state index in [1.807, 2.05) is 0 Å². The van der Waals surface area contributed by atoms with Crippen LogP contribution in [0.1, 0.15) is 48.9 Å². The Balaban J connectivity index is 1.48. The maximum atomic E-state index is 16.9. The number of fused-ring (bicyclic) bond motifs is 1. The zero-order valence-corrected chi connectivity index (χ0v) is 17.4. The van der Waals surface area contributed by atoms with Gasteiger partial charge in [0, 0.05) is 18.7 Å². The highest BCUT2D eigenvalue weighted by Crippen LogP contribution is 2.68. The lowest BCUT2D eigenvalue weighted by atomic mass is 9.70. The van der Waals surface area contributed by atoms with E-state index < -0.39 is 32.7 Å². The van der Waals surface area contributed by atoms with Crippen LogP contribution in [0.2, 0.25) is 0 Å². The molecule has 9 heteroatoms. The Morgan fingerprint density at radius 1 is 1.17 bits per heavy atom.